The molecule has 1 atom stereocenters. The zero-order valence-corrected chi connectivity index (χ0v) is 12.1. The second-order valence-corrected chi connectivity index (χ2v) is 5.50. The maximum atomic E-state index is 13.1. The van der Waals surface area contributed by atoms with Crippen molar-refractivity contribution in [1.29, 1.82) is 0 Å². The number of nitrogens with zero attached hydrogens (tertiary/aromatic N) is 2. The first-order valence-electron chi connectivity index (χ1n) is 6.15. The number of aromatic nitrogens is 2. The van der Waals surface area contributed by atoms with E-state index in [1.165, 1.54) is 17.6 Å². The second kappa shape index (κ2) is 6.93. The first-order chi connectivity index (χ1) is 9.20. The summed E-state index contributed by atoms with van der Waals surface area (Å²) in [6.07, 6.45) is 3.56. The Morgan fingerprint density at radius 3 is 2.95 bits per heavy atom. The molecule has 0 bridgehead atoms. The van der Waals surface area contributed by atoms with Crippen molar-refractivity contribution in [3.05, 3.63) is 45.7 Å². The van der Waals surface area contributed by atoms with Gasteiger partial charge in [0.15, 0.2) is 0 Å². The zero-order chi connectivity index (χ0) is 13.7. The number of rotatable bonds is 6. The Morgan fingerprint density at radius 1 is 1.47 bits per heavy atom. The molecule has 19 heavy (non-hydrogen) atoms. The molecule has 1 aromatic carbocycles. The van der Waals surface area contributed by atoms with Crippen LogP contribution in [-0.2, 0) is 6.42 Å². The van der Waals surface area contributed by atoms with Gasteiger partial charge in [-0.15, -0.1) is 5.10 Å². The molecule has 1 unspecified atom stereocenters. The molecule has 0 spiro atoms. The average molecular weight is 300 g/mol. The molecule has 0 saturated heterocycles. The fourth-order valence-electron chi connectivity index (χ4n) is 1.82. The van der Waals surface area contributed by atoms with Gasteiger partial charge in [-0.05, 0) is 48.6 Å². The fraction of sp³-hybridized carbons (Fsp3) is 0.385. The molecule has 102 valence electrons. The molecule has 0 fully saturated rings. The number of hydrogen-bond acceptors (Lipinski definition) is 4. The minimum Gasteiger partial charge on any atom is -0.309 e. The van der Waals surface area contributed by atoms with E-state index in [0.717, 1.165) is 29.8 Å². The third kappa shape index (κ3) is 3.96. The van der Waals surface area contributed by atoms with Gasteiger partial charge in [-0.25, -0.2) is 4.39 Å². The summed E-state index contributed by atoms with van der Waals surface area (Å²) in [6, 6.07) is 4.98. The first-order valence-corrected chi connectivity index (χ1v) is 7.30. The predicted molar refractivity (Wildman–Crippen MR) is 76.1 cm³/mol. The summed E-state index contributed by atoms with van der Waals surface area (Å²) >= 11 is 7.19. The molecule has 6 heteroatoms. The van der Waals surface area contributed by atoms with Crippen molar-refractivity contribution in [1.82, 2.24) is 14.9 Å². The van der Waals surface area contributed by atoms with Gasteiger partial charge in [-0.1, -0.05) is 29.1 Å². The Bertz CT molecular complexity index is 519. The van der Waals surface area contributed by atoms with Crippen molar-refractivity contribution in [3.8, 4) is 0 Å². The van der Waals surface area contributed by atoms with Crippen LogP contribution in [0.1, 0.15) is 29.8 Å². The lowest BCUT2D eigenvalue weighted by atomic mass is 10.0. The van der Waals surface area contributed by atoms with Crippen molar-refractivity contribution >= 4 is 23.1 Å². The minimum atomic E-state index is -0.386. The summed E-state index contributed by atoms with van der Waals surface area (Å²) in [4.78, 5) is 1.08. The smallest absolute Gasteiger partial charge is 0.141 e. The lowest BCUT2D eigenvalue weighted by molar-refractivity contribution is 0.535. The van der Waals surface area contributed by atoms with E-state index >= 15 is 0 Å². The van der Waals surface area contributed by atoms with Crippen molar-refractivity contribution in [2.24, 2.45) is 0 Å². The zero-order valence-electron chi connectivity index (χ0n) is 10.6. The molecule has 0 amide bonds. The third-order valence-electron chi connectivity index (χ3n) is 2.79. The first kappa shape index (κ1) is 14.4. The standard InChI is InChI=1S/C13H15ClFN3S/c1-2-5-16-12(13-8-17-18-19-13)7-9-3-4-11(15)10(14)6-9/h3-4,6,8,12,16H,2,5,7H2,1H3. The van der Waals surface area contributed by atoms with E-state index in [0.29, 0.717) is 0 Å². The predicted octanol–water partition coefficient (Wildman–Crippen LogP) is 3.61. The highest BCUT2D eigenvalue weighted by Gasteiger charge is 2.14. The summed E-state index contributed by atoms with van der Waals surface area (Å²) in [7, 11) is 0. The van der Waals surface area contributed by atoms with Gasteiger partial charge in [0.2, 0.25) is 0 Å². The van der Waals surface area contributed by atoms with Crippen LogP contribution in [0, 0.1) is 5.82 Å². The summed E-state index contributed by atoms with van der Waals surface area (Å²) in [5.41, 5.74) is 0.994. The molecule has 1 heterocycles. The van der Waals surface area contributed by atoms with Crippen LogP contribution in [0.2, 0.25) is 5.02 Å². The molecular formula is C13H15ClFN3S. The lowest BCUT2D eigenvalue weighted by Gasteiger charge is -2.16. The third-order valence-corrected chi connectivity index (χ3v) is 3.85. The monoisotopic (exact) mass is 299 g/mol. The quantitative estimate of drug-likeness (QED) is 0.885. The molecule has 0 aliphatic carbocycles. The molecule has 2 aromatic rings. The van der Waals surface area contributed by atoms with Crippen LogP contribution in [0.4, 0.5) is 4.39 Å². The molecule has 2 rings (SSSR count). The van der Waals surface area contributed by atoms with E-state index in [1.807, 2.05) is 0 Å². The highest BCUT2D eigenvalue weighted by atomic mass is 35.5. The Morgan fingerprint density at radius 2 is 2.32 bits per heavy atom. The van der Waals surface area contributed by atoms with Gasteiger partial charge in [-0.2, -0.15) is 0 Å². The largest absolute Gasteiger partial charge is 0.309 e. The molecule has 1 N–H and O–H groups in total. The van der Waals surface area contributed by atoms with Crippen molar-refractivity contribution < 1.29 is 4.39 Å². The number of benzene rings is 1. The van der Waals surface area contributed by atoms with Crippen LogP contribution in [0.25, 0.3) is 0 Å². The Balaban J connectivity index is 2.13. The highest BCUT2D eigenvalue weighted by molar-refractivity contribution is 7.05. The van der Waals surface area contributed by atoms with Gasteiger partial charge in [-0.3, -0.25) is 0 Å². The molecular weight excluding hydrogens is 285 g/mol. The van der Waals surface area contributed by atoms with E-state index < -0.39 is 0 Å². The van der Waals surface area contributed by atoms with E-state index in [-0.39, 0.29) is 16.9 Å². The van der Waals surface area contributed by atoms with Crippen LogP contribution in [0.5, 0.6) is 0 Å². The van der Waals surface area contributed by atoms with Crippen molar-refractivity contribution in [2.75, 3.05) is 6.54 Å². The Kier molecular flexibility index (Phi) is 5.24. The summed E-state index contributed by atoms with van der Waals surface area (Å²) < 4.78 is 17.0. The number of hydrogen-bond donors (Lipinski definition) is 1. The van der Waals surface area contributed by atoms with Gasteiger partial charge < -0.3 is 5.32 Å². The van der Waals surface area contributed by atoms with Crippen molar-refractivity contribution in [2.45, 2.75) is 25.8 Å². The van der Waals surface area contributed by atoms with Crippen LogP contribution >= 0.6 is 23.1 Å². The maximum Gasteiger partial charge on any atom is 0.141 e. The average Bonchev–Trinajstić information content (AvgIpc) is 2.92. The molecule has 0 aliphatic heterocycles. The minimum absolute atomic E-state index is 0.140. The molecule has 0 saturated carbocycles. The van der Waals surface area contributed by atoms with Gasteiger partial charge in [0, 0.05) is 6.04 Å². The van der Waals surface area contributed by atoms with E-state index in [4.69, 9.17) is 11.6 Å². The Hall–Kier alpha value is -1.04. The summed E-state index contributed by atoms with van der Waals surface area (Å²) in [5, 5.41) is 7.48. The van der Waals surface area contributed by atoms with Crippen molar-refractivity contribution in [3.63, 3.8) is 0 Å². The van der Waals surface area contributed by atoms with Crippen LogP contribution in [0.15, 0.2) is 24.4 Å². The topological polar surface area (TPSA) is 37.8 Å². The molecule has 1 aromatic heterocycles. The summed E-state index contributed by atoms with van der Waals surface area (Å²) in [6.45, 7) is 3.03. The highest BCUT2D eigenvalue weighted by Crippen LogP contribution is 2.23. The number of nitrogens with one attached hydrogen (secondary N) is 1. The van der Waals surface area contributed by atoms with Gasteiger partial charge >= 0.3 is 0 Å². The Labute approximate surface area is 121 Å². The molecule has 0 radical (unpaired) electrons. The van der Waals surface area contributed by atoms with E-state index in [1.54, 1.807) is 18.3 Å². The van der Waals surface area contributed by atoms with Crippen LogP contribution in [-0.4, -0.2) is 16.1 Å². The maximum absolute atomic E-state index is 13.1. The van der Waals surface area contributed by atoms with E-state index in [9.17, 15) is 4.39 Å². The fourth-order valence-corrected chi connectivity index (χ4v) is 2.60. The lowest BCUT2D eigenvalue weighted by Crippen LogP contribution is -2.23. The van der Waals surface area contributed by atoms with E-state index in [2.05, 4.69) is 21.8 Å². The normalized spacial score (nSPS) is 12.6. The molecule has 0 aliphatic rings. The SMILES string of the molecule is CCCNC(Cc1ccc(F)c(Cl)c1)c1cnns1. The van der Waals surface area contributed by atoms with Gasteiger partial charge in [0.1, 0.15) is 5.82 Å². The summed E-state index contributed by atoms with van der Waals surface area (Å²) in [5.74, 6) is -0.386. The van der Waals surface area contributed by atoms with Crippen LogP contribution < -0.4 is 5.32 Å². The molecule has 3 nitrogen and oxygen atoms in total. The van der Waals surface area contributed by atoms with Gasteiger partial charge in [0.25, 0.3) is 0 Å². The second-order valence-electron chi connectivity index (χ2n) is 4.28. The number of halogens is 2. The van der Waals surface area contributed by atoms with Gasteiger partial charge in [0.05, 0.1) is 16.1 Å². The van der Waals surface area contributed by atoms with Crippen LogP contribution in [0.3, 0.4) is 0 Å².